The molecule has 1 amide bonds. The highest BCUT2D eigenvalue weighted by Gasteiger charge is 2.20. The van der Waals surface area contributed by atoms with E-state index in [1.54, 1.807) is 18.2 Å². The number of aryl methyl sites for hydroxylation is 1. The first-order chi connectivity index (χ1) is 13.6. The van der Waals surface area contributed by atoms with Gasteiger partial charge in [-0.25, -0.2) is 0 Å². The predicted octanol–water partition coefficient (Wildman–Crippen LogP) is 4.53. The summed E-state index contributed by atoms with van der Waals surface area (Å²) in [5.41, 5.74) is 2.16. The molecule has 0 saturated heterocycles. The number of rotatable bonds is 5. The van der Waals surface area contributed by atoms with Gasteiger partial charge in [0.25, 0.3) is 5.91 Å². The van der Waals surface area contributed by atoms with E-state index in [2.05, 4.69) is 15.5 Å². The zero-order chi connectivity index (χ0) is 19.7. The van der Waals surface area contributed by atoms with E-state index in [1.165, 1.54) is 25.6 Å². The smallest absolute Gasteiger partial charge is 0.265 e. The predicted molar refractivity (Wildman–Crippen MR) is 107 cm³/mol. The van der Waals surface area contributed by atoms with Crippen molar-refractivity contribution in [1.82, 2.24) is 10.2 Å². The highest BCUT2D eigenvalue weighted by Crippen LogP contribution is 2.34. The summed E-state index contributed by atoms with van der Waals surface area (Å²) in [6, 6.07) is 13.0. The molecular formula is C20H17N3O4S. The Hall–Kier alpha value is -3.39. The molecule has 0 bridgehead atoms. The van der Waals surface area contributed by atoms with Crippen molar-refractivity contribution in [2.45, 2.75) is 6.92 Å². The van der Waals surface area contributed by atoms with Crippen LogP contribution in [0.15, 0.2) is 46.9 Å². The van der Waals surface area contributed by atoms with E-state index < -0.39 is 5.91 Å². The van der Waals surface area contributed by atoms with Gasteiger partial charge in [-0.3, -0.25) is 10.1 Å². The molecular weight excluding hydrogens is 378 g/mol. The first kappa shape index (κ1) is 18.0. The molecule has 2 aromatic heterocycles. The summed E-state index contributed by atoms with van der Waals surface area (Å²) in [7, 11) is 3.00. The quantitative estimate of drug-likeness (QED) is 0.534. The monoisotopic (exact) mass is 395 g/mol. The van der Waals surface area contributed by atoms with Crippen molar-refractivity contribution in [2.24, 2.45) is 0 Å². The van der Waals surface area contributed by atoms with E-state index >= 15 is 0 Å². The fourth-order valence-electron chi connectivity index (χ4n) is 2.92. The average molecular weight is 395 g/mol. The van der Waals surface area contributed by atoms with Crippen LogP contribution in [-0.4, -0.2) is 30.3 Å². The number of carbonyl (C=O) groups excluding carboxylic acids is 1. The van der Waals surface area contributed by atoms with Crippen LogP contribution < -0.4 is 14.8 Å². The Morgan fingerprint density at radius 2 is 1.79 bits per heavy atom. The maximum absolute atomic E-state index is 12.7. The average Bonchev–Trinajstić information content (AvgIpc) is 3.34. The molecule has 0 saturated carbocycles. The van der Waals surface area contributed by atoms with Crippen LogP contribution in [-0.2, 0) is 0 Å². The van der Waals surface area contributed by atoms with Crippen LogP contribution in [0, 0.1) is 6.92 Å². The standard InChI is InChI=1S/C20H17N3O4S/c1-11-6-4-7-12-10-15(27-17(11)12)19-22-23-20(28-19)21-18(24)16-13(25-2)8-5-9-14(16)26-3/h4-10H,1-3H3,(H,21,23,24). The number of anilines is 1. The minimum Gasteiger partial charge on any atom is -0.496 e. The second kappa shape index (κ2) is 7.32. The van der Waals surface area contributed by atoms with Crippen molar-refractivity contribution in [3.05, 3.63) is 53.6 Å². The number of methoxy groups -OCH3 is 2. The Balaban J connectivity index is 1.62. The summed E-state index contributed by atoms with van der Waals surface area (Å²) in [5, 5.41) is 12.9. The number of fused-ring (bicyclic) bond motifs is 1. The number of carbonyl (C=O) groups is 1. The Kier molecular flexibility index (Phi) is 4.70. The number of aromatic nitrogens is 2. The molecule has 2 heterocycles. The van der Waals surface area contributed by atoms with Crippen LogP contribution in [0.1, 0.15) is 15.9 Å². The van der Waals surface area contributed by atoms with Gasteiger partial charge in [-0.15, -0.1) is 10.2 Å². The van der Waals surface area contributed by atoms with E-state index in [4.69, 9.17) is 13.9 Å². The maximum Gasteiger partial charge on any atom is 0.265 e. The van der Waals surface area contributed by atoms with Crippen LogP contribution in [0.2, 0.25) is 0 Å². The number of benzene rings is 2. The second-order valence-corrected chi connectivity index (χ2v) is 6.99. The van der Waals surface area contributed by atoms with Crippen molar-refractivity contribution in [1.29, 1.82) is 0 Å². The molecule has 0 aliphatic rings. The second-order valence-electron chi connectivity index (χ2n) is 6.01. The van der Waals surface area contributed by atoms with Gasteiger partial charge in [-0.1, -0.05) is 35.6 Å². The van der Waals surface area contributed by atoms with E-state index in [0.29, 0.717) is 33.0 Å². The molecule has 0 radical (unpaired) electrons. The minimum atomic E-state index is -0.391. The van der Waals surface area contributed by atoms with E-state index in [9.17, 15) is 4.79 Å². The molecule has 4 aromatic rings. The zero-order valence-corrected chi connectivity index (χ0v) is 16.3. The Morgan fingerprint density at radius 1 is 1.07 bits per heavy atom. The molecule has 142 valence electrons. The van der Waals surface area contributed by atoms with E-state index in [-0.39, 0.29) is 0 Å². The van der Waals surface area contributed by atoms with Gasteiger partial charge in [0.2, 0.25) is 5.13 Å². The molecule has 0 aliphatic heterocycles. The van der Waals surface area contributed by atoms with Crippen LogP contribution in [0.3, 0.4) is 0 Å². The fourth-order valence-corrected chi connectivity index (χ4v) is 3.61. The third-order valence-corrected chi connectivity index (χ3v) is 5.11. The highest BCUT2D eigenvalue weighted by molar-refractivity contribution is 7.18. The van der Waals surface area contributed by atoms with Gasteiger partial charge < -0.3 is 13.9 Å². The first-order valence-electron chi connectivity index (χ1n) is 8.46. The van der Waals surface area contributed by atoms with Crippen LogP contribution in [0.5, 0.6) is 11.5 Å². The van der Waals surface area contributed by atoms with Gasteiger partial charge >= 0.3 is 0 Å². The van der Waals surface area contributed by atoms with E-state index in [1.807, 2.05) is 31.2 Å². The largest absolute Gasteiger partial charge is 0.496 e. The zero-order valence-electron chi connectivity index (χ0n) is 15.5. The molecule has 0 fully saturated rings. The molecule has 0 atom stereocenters. The van der Waals surface area contributed by atoms with Gasteiger partial charge in [0.15, 0.2) is 10.8 Å². The molecule has 1 N–H and O–H groups in total. The summed E-state index contributed by atoms with van der Waals surface area (Å²) < 4.78 is 16.5. The highest BCUT2D eigenvalue weighted by atomic mass is 32.1. The van der Waals surface area contributed by atoms with Gasteiger partial charge in [0, 0.05) is 5.39 Å². The lowest BCUT2D eigenvalue weighted by Gasteiger charge is -2.11. The Morgan fingerprint density at radius 3 is 2.46 bits per heavy atom. The third kappa shape index (κ3) is 3.18. The van der Waals surface area contributed by atoms with Crippen molar-refractivity contribution in [3.63, 3.8) is 0 Å². The summed E-state index contributed by atoms with van der Waals surface area (Å²) >= 11 is 1.23. The normalized spacial score (nSPS) is 10.8. The summed E-state index contributed by atoms with van der Waals surface area (Å²) in [5.74, 6) is 1.04. The minimum absolute atomic E-state index is 0.295. The van der Waals surface area contributed by atoms with Gasteiger partial charge in [-0.05, 0) is 30.7 Å². The number of hydrogen-bond acceptors (Lipinski definition) is 7. The topological polar surface area (TPSA) is 86.5 Å². The SMILES string of the molecule is COc1cccc(OC)c1C(=O)Nc1nnc(-c2cc3cccc(C)c3o2)s1. The van der Waals surface area contributed by atoms with Crippen molar-refractivity contribution in [3.8, 4) is 22.3 Å². The summed E-state index contributed by atoms with van der Waals surface area (Å²) in [4.78, 5) is 12.7. The third-order valence-electron chi connectivity index (χ3n) is 4.25. The van der Waals surface area contributed by atoms with Gasteiger partial charge in [0.05, 0.1) is 14.2 Å². The first-order valence-corrected chi connectivity index (χ1v) is 9.27. The number of nitrogens with one attached hydrogen (secondary N) is 1. The van der Waals surface area contributed by atoms with Crippen LogP contribution in [0.25, 0.3) is 21.7 Å². The number of amides is 1. The lowest BCUT2D eigenvalue weighted by molar-refractivity contribution is 0.102. The van der Waals surface area contributed by atoms with Gasteiger partial charge in [-0.2, -0.15) is 0 Å². The number of furan rings is 1. The summed E-state index contributed by atoms with van der Waals surface area (Å²) in [6.45, 7) is 1.99. The molecule has 7 nitrogen and oxygen atoms in total. The molecule has 2 aromatic carbocycles. The number of nitrogens with zero attached hydrogens (tertiary/aromatic N) is 2. The van der Waals surface area contributed by atoms with E-state index in [0.717, 1.165) is 16.5 Å². The Bertz CT molecular complexity index is 1140. The van der Waals surface area contributed by atoms with Crippen molar-refractivity contribution < 1.29 is 18.7 Å². The molecule has 0 aliphatic carbocycles. The molecule has 8 heteroatoms. The number of ether oxygens (including phenoxy) is 2. The Labute approximate surface area is 164 Å². The lowest BCUT2D eigenvalue weighted by atomic mass is 10.1. The van der Waals surface area contributed by atoms with Crippen molar-refractivity contribution >= 4 is 33.3 Å². The molecule has 4 rings (SSSR count). The molecule has 0 spiro atoms. The fraction of sp³-hybridized carbons (Fsp3) is 0.150. The van der Waals surface area contributed by atoms with Crippen LogP contribution in [0.4, 0.5) is 5.13 Å². The van der Waals surface area contributed by atoms with Crippen LogP contribution >= 0.6 is 11.3 Å². The maximum atomic E-state index is 12.7. The molecule has 28 heavy (non-hydrogen) atoms. The lowest BCUT2D eigenvalue weighted by Crippen LogP contribution is -2.14. The molecule has 0 unspecified atom stereocenters. The van der Waals surface area contributed by atoms with Gasteiger partial charge in [0.1, 0.15) is 22.6 Å². The number of hydrogen-bond donors (Lipinski definition) is 1. The number of para-hydroxylation sites is 1. The van der Waals surface area contributed by atoms with Crippen molar-refractivity contribution in [2.75, 3.05) is 19.5 Å². The summed E-state index contributed by atoms with van der Waals surface area (Å²) in [6.07, 6.45) is 0.